The molecule has 0 saturated heterocycles. The average molecular weight is 256 g/mol. The molecule has 98 valence electrons. The highest BCUT2D eigenvalue weighted by atomic mass is 16.1. The van der Waals surface area contributed by atoms with Gasteiger partial charge in [-0.15, -0.1) is 0 Å². The predicted molar refractivity (Wildman–Crippen MR) is 76.5 cm³/mol. The molecule has 0 saturated carbocycles. The van der Waals surface area contributed by atoms with Gasteiger partial charge in [0.1, 0.15) is 0 Å². The van der Waals surface area contributed by atoms with Crippen LogP contribution < -0.4 is 11.5 Å². The number of nitrogen functional groups attached to an aromatic ring is 1. The number of hydrogen-bond donors (Lipinski definition) is 2. The van der Waals surface area contributed by atoms with Crippen molar-refractivity contribution in [3.05, 3.63) is 34.7 Å². The van der Waals surface area contributed by atoms with E-state index in [9.17, 15) is 4.79 Å². The summed E-state index contributed by atoms with van der Waals surface area (Å²) in [5, 5.41) is 0. The van der Waals surface area contributed by atoms with Crippen LogP contribution in [0.3, 0.4) is 0 Å². The summed E-state index contributed by atoms with van der Waals surface area (Å²) in [6.07, 6.45) is 3.54. The highest BCUT2D eigenvalue weighted by Gasteiger charge is 2.15. The molecule has 0 spiro atoms. The van der Waals surface area contributed by atoms with Gasteiger partial charge in [-0.2, -0.15) is 0 Å². The summed E-state index contributed by atoms with van der Waals surface area (Å²) in [6, 6.07) is 1.59. The molecule has 1 aromatic carbocycles. The molecule has 1 heterocycles. The van der Waals surface area contributed by atoms with Gasteiger partial charge in [-0.25, -0.2) is 4.98 Å². The van der Waals surface area contributed by atoms with E-state index < -0.39 is 5.91 Å². The predicted octanol–water partition coefficient (Wildman–Crippen LogP) is 2.04. The number of carbonyl (C=O) groups excluding carboxylic acids is 1. The number of benzene rings is 1. The SMILES string of the molecule is CC(C)=Cc1c(N)c(C(N)=O)cc2ncc(C)nc12. The van der Waals surface area contributed by atoms with Gasteiger partial charge >= 0.3 is 0 Å². The largest absolute Gasteiger partial charge is 0.398 e. The van der Waals surface area contributed by atoms with E-state index >= 15 is 0 Å². The minimum Gasteiger partial charge on any atom is -0.398 e. The molecular formula is C14H16N4O. The molecule has 2 aromatic rings. The Labute approximate surface area is 111 Å². The molecule has 0 bridgehead atoms. The Bertz CT molecular complexity index is 700. The molecule has 5 heteroatoms. The van der Waals surface area contributed by atoms with Gasteiger partial charge < -0.3 is 11.5 Å². The van der Waals surface area contributed by atoms with Crippen molar-refractivity contribution in [2.24, 2.45) is 5.73 Å². The van der Waals surface area contributed by atoms with Crippen molar-refractivity contribution < 1.29 is 4.79 Å². The number of carbonyl (C=O) groups is 1. The van der Waals surface area contributed by atoms with Crippen LogP contribution in [-0.4, -0.2) is 15.9 Å². The summed E-state index contributed by atoms with van der Waals surface area (Å²) in [7, 11) is 0. The lowest BCUT2D eigenvalue weighted by Gasteiger charge is -2.10. The van der Waals surface area contributed by atoms with Crippen molar-refractivity contribution in [1.29, 1.82) is 0 Å². The highest BCUT2D eigenvalue weighted by Crippen LogP contribution is 2.28. The molecule has 0 unspecified atom stereocenters. The maximum atomic E-state index is 11.4. The van der Waals surface area contributed by atoms with Crippen LogP contribution in [0.1, 0.15) is 35.5 Å². The Morgan fingerprint density at radius 1 is 1.37 bits per heavy atom. The smallest absolute Gasteiger partial charge is 0.250 e. The van der Waals surface area contributed by atoms with E-state index in [2.05, 4.69) is 9.97 Å². The second-order valence-electron chi connectivity index (χ2n) is 4.72. The lowest BCUT2D eigenvalue weighted by Crippen LogP contribution is -2.15. The van der Waals surface area contributed by atoms with E-state index in [-0.39, 0.29) is 5.56 Å². The molecule has 4 N–H and O–H groups in total. The molecule has 0 atom stereocenters. The first-order valence-corrected chi connectivity index (χ1v) is 5.90. The van der Waals surface area contributed by atoms with E-state index in [1.807, 2.05) is 26.8 Å². The van der Waals surface area contributed by atoms with Gasteiger partial charge in [0.05, 0.1) is 28.0 Å². The van der Waals surface area contributed by atoms with Crippen molar-refractivity contribution in [1.82, 2.24) is 9.97 Å². The first kappa shape index (κ1) is 13.0. The molecule has 0 fully saturated rings. The molecule has 0 aliphatic carbocycles. The van der Waals surface area contributed by atoms with Crippen LogP contribution in [0.25, 0.3) is 17.1 Å². The molecule has 5 nitrogen and oxygen atoms in total. The van der Waals surface area contributed by atoms with Gasteiger partial charge in [-0.05, 0) is 26.8 Å². The number of hydrogen-bond acceptors (Lipinski definition) is 4. The fourth-order valence-electron chi connectivity index (χ4n) is 1.92. The first-order chi connectivity index (χ1) is 8.90. The van der Waals surface area contributed by atoms with Crippen LogP contribution in [0, 0.1) is 6.92 Å². The normalized spacial score (nSPS) is 10.5. The second kappa shape index (κ2) is 4.68. The number of amides is 1. The quantitative estimate of drug-likeness (QED) is 0.804. The minimum atomic E-state index is -0.565. The van der Waals surface area contributed by atoms with Gasteiger partial charge in [0.2, 0.25) is 0 Å². The third-order valence-electron chi connectivity index (χ3n) is 2.74. The van der Waals surface area contributed by atoms with Crippen molar-refractivity contribution in [3.63, 3.8) is 0 Å². The lowest BCUT2D eigenvalue weighted by atomic mass is 10.0. The fraction of sp³-hybridized carbons (Fsp3) is 0.214. The van der Waals surface area contributed by atoms with E-state index in [0.717, 1.165) is 11.3 Å². The van der Waals surface area contributed by atoms with E-state index in [1.165, 1.54) is 0 Å². The maximum Gasteiger partial charge on any atom is 0.250 e. The maximum absolute atomic E-state index is 11.4. The van der Waals surface area contributed by atoms with Crippen molar-refractivity contribution in [2.75, 3.05) is 5.73 Å². The third-order valence-corrected chi connectivity index (χ3v) is 2.74. The van der Waals surface area contributed by atoms with Crippen molar-refractivity contribution in [3.8, 4) is 0 Å². The monoisotopic (exact) mass is 256 g/mol. The third kappa shape index (κ3) is 2.40. The molecule has 0 aliphatic rings. The number of rotatable bonds is 2. The summed E-state index contributed by atoms with van der Waals surface area (Å²) < 4.78 is 0. The van der Waals surface area contributed by atoms with Crippen LogP contribution in [0.5, 0.6) is 0 Å². The van der Waals surface area contributed by atoms with Crippen molar-refractivity contribution >= 4 is 28.7 Å². The number of nitrogens with two attached hydrogens (primary N) is 2. The molecular weight excluding hydrogens is 240 g/mol. The van der Waals surface area contributed by atoms with Gasteiger partial charge in [0, 0.05) is 11.8 Å². The molecule has 0 aliphatic heterocycles. The number of aryl methyl sites for hydroxylation is 1. The second-order valence-corrected chi connectivity index (χ2v) is 4.72. The molecule has 2 rings (SSSR count). The Kier molecular flexibility index (Phi) is 3.21. The van der Waals surface area contributed by atoms with Gasteiger partial charge in [0.25, 0.3) is 5.91 Å². The molecule has 1 aromatic heterocycles. The lowest BCUT2D eigenvalue weighted by molar-refractivity contribution is 0.100. The summed E-state index contributed by atoms with van der Waals surface area (Å²) in [4.78, 5) is 20.2. The number of aromatic nitrogens is 2. The molecule has 19 heavy (non-hydrogen) atoms. The van der Waals surface area contributed by atoms with Crippen molar-refractivity contribution in [2.45, 2.75) is 20.8 Å². The zero-order valence-corrected chi connectivity index (χ0v) is 11.2. The number of anilines is 1. The average Bonchev–Trinajstić information content (AvgIpc) is 2.32. The molecule has 1 amide bonds. The number of allylic oxidation sites excluding steroid dienone is 1. The first-order valence-electron chi connectivity index (χ1n) is 5.90. The number of fused-ring (bicyclic) bond motifs is 1. The summed E-state index contributed by atoms with van der Waals surface area (Å²) in [5.41, 5.74) is 15.8. The van der Waals surface area contributed by atoms with Crippen LogP contribution in [0.4, 0.5) is 5.69 Å². The topological polar surface area (TPSA) is 94.9 Å². The Morgan fingerprint density at radius 3 is 2.63 bits per heavy atom. The van der Waals surface area contributed by atoms with Crippen LogP contribution in [0.15, 0.2) is 17.8 Å². The summed E-state index contributed by atoms with van der Waals surface area (Å²) in [6.45, 7) is 5.76. The zero-order chi connectivity index (χ0) is 14.2. The summed E-state index contributed by atoms with van der Waals surface area (Å²) >= 11 is 0. The highest BCUT2D eigenvalue weighted by molar-refractivity contribution is 6.05. The van der Waals surface area contributed by atoms with Gasteiger partial charge in [-0.3, -0.25) is 9.78 Å². The Morgan fingerprint density at radius 2 is 2.05 bits per heavy atom. The standard InChI is InChI=1S/C14H16N4O/c1-7(2)4-9-12(15)10(14(16)19)5-11-13(9)18-8(3)6-17-11/h4-6H,15H2,1-3H3,(H2,16,19). The Balaban J connectivity index is 2.93. The van der Waals surface area contributed by atoms with Gasteiger partial charge in [-0.1, -0.05) is 11.6 Å². The number of primary amides is 1. The van der Waals surface area contributed by atoms with E-state index in [1.54, 1.807) is 12.3 Å². The van der Waals surface area contributed by atoms with Gasteiger partial charge in [0.15, 0.2) is 0 Å². The number of nitrogens with zero attached hydrogens (tertiary/aromatic N) is 2. The van der Waals surface area contributed by atoms with Crippen LogP contribution >= 0.6 is 0 Å². The Hall–Kier alpha value is -2.43. The van der Waals surface area contributed by atoms with E-state index in [0.29, 0.717) is 22.3 Å². The minimum absolute atomic E-state index is 0.276. The zero-order valence-electron chi connectivity index (χ0n) is 11.2. The van der Waals surface area contributed by atoms with E-state index in [4.69, 9.17) is 11.5 Å². The van der Waals surface area contributed by atoms with Crippen LogP contribution in [0.2, 0.25) is 0 Å². The van der Waals surface area contributed by atoms with Crippen LogP contribution in [-0.2, 0) is 0 Å². The summed E-state index contributed by atoms with van der Waals surface area (Å²) in [5.74, 6) is -0.565. The fourth-order valence-corrected chi connectivity index (χ4v) is 1.92. The molecule has 0 radical (unpaired) electrons.